The van der Waals surface area contributed by atoms with Crippen LogP contribution in [-0.4, -0.2) is 87.5 Å². The van der Waals surface area contributed by atoms with Crippen LogP contribution in [0.2, 0.25) is 0 Å². The molecular formula is C53H97NO8. The highest BCUT2D eigenvalue weighted by atomic mass is 16.7. The molecule has 362 valence electrons. The van der Waals surface area contributed by atoms with E-state index in [2.05, 4.69) is 55.6 Å². The van der Waals surface area contributed by atoms with Gasteiger partial charge in [-0.15, -0.1) is 0 Å². The van der Waals surface area contributed by atoms with E-state index in [4.69, 9.17) is 9.47 Å². The van der Waals surface area contributed by atoms with Crippen molar-refractivity contribution in [3.8, 4) is 0 Å². The third kappa shape index (κ3) is 32.8. The van der Waals surface area contributed by atoms with Crippen LogP contribution in [0.1, 0.15) is 226 Å². The molecule has 0 radical (unpaired) electrons. The minimum Gasteiger partial charge on any atom is -0.394 e. The molecule has 0 aromatic rings. The van der Waals surface area contributed by atoms with Gasteiger partial charge in [-0.05, 0) is 57.8 Å². The number of ether oxygens (including phenoxy) is 2. The first-order chi connectivity index (χ1) is 30.3. The topological polar surface area (TPSA) is 149 Å². The van der Waals surface area contributed by atoms with E-state index in [1.165, 1.54) is 141 Å². The Morgan fingerprint density at radius 2 is 0.952 bits per heavy atom. The van der Waals surface area contributed by atoms with E-state index in [0.717, 1.165) is 64.2 Å². The van der Waals surface area contributed by atoms with Gasteiger partial charge in [0.2, 0.25) is 5.91 Å². The van der Waals surface area contributed by atoms with Gasteiger partial charge < -0.3 is 40.3 Å². The van der Waals surface area contributed by atoms with E-state index >= 15 is 0 Å². The van der Waals surface area contributed by atoms with Crippen molar-refractivity contribution in [2.24, 2.45) is 0 Å². The average Bonchev–Trinajstić information content (AvgIpc) is 3.27. The van der Waals surface area contributed by atoms with Crippen molar-refractivity contribution in [2.75, 3.05) is 13.2 Å². The van der Waals surface area contributed by atoms with Gasteiger partial charge in [-0.3, -0.25) is 4.79 Å². The fourth-order valence-electron chi connectivity index (χ4n) is 7.99. The van der Waals surface area contributed by atoms with Gasteiger partial charge in [0.05, 0.1) is 25.4 Å². The van der Waals surface area contributed by atoms with E-state index in [1.807, 2.05) is 6.08 Å². The normalized spacial score (nSPS) is 20.7. The van der Waals surface area contributed by atoms with Crippen molar-refractivity contribution < 1.29 is 39.8 Å². The summed E-state index contributed by atoms with van der Waals surface area (Å²) in [6.45, 7) is 3.76. The Balaban J connectivity index is 2.29. The Labute approximate surface area is 380 Å². The molecule has 1 heterocycles. The maximum atomic E-state index is 13.0. The molecule has 7 atom stereocenters. The van der Waals surface area contributed by atoms with Gasteiger partial charge in [0.1, 0.15) is 24.4 Å². The van der Waals surface area contributed by atoms with Crippen LogP contribution in [0.3, 0.4) is 0 Å². The third-order valence-electron chi connectivity index (χ3n) is 12.1. The fraction of sp³-hybridized carbons (Fsp3) is 0.830. The first-order valence-electron chi connectivity index (χ1n) is 25.9. The molecule has 1 fully saturated rings. The van der Waals surface area contributed by atoms with Crippen molar-refractivity contribution in [2.45, 2.75) is 269 Å². The predicted octanol–water partition coefficient (Wildman–Crippen LogP) is 11.8. The van der Waals surface area contributed by atoms with E-state index in [0.29, 0.717) is 6.42 Å². The van der Waals surface area contributed by atoms with Crippen molar-refractivity contribution in [1.82, 2.24) is 5.32 Å². The number of allylic oxidation sites excluding steroid dienone is 7. The lowest BCUT2D eigenvalue weighted by atomic mass is 9.99. The zero-order valence-corrected chi connectivity index (χ0v) is 39.9. The standard InChI is InChI=1S/C53H97NO8/c1-3-5-7-9-11-13-15-17-19-21-22-23-24-25-26-27-29-31-33-35-37-39-41-43-49(57)54-46(45-61-53-52(60)51(59)50(58)48(44-55)62-53)47(56)42-40-38-36-34-32-30-28-20-18-16-14-12-10-8-6-4-2/h15,17,21-22,24-25,40,42,46-48,50-53,55-56,58-60H,3-14,16,18-20,23,26-39,41,43-45H2,1-2H3,(H,54,57)/b17-15-,22-21-,25-24-,42-40+. The molecular weight excluding hydrogens is 779 g/mol. The quantitative estimate of drug-likeness (QED) is 0.0262. The van der Waals surface area contributed by atoms with Gasteiger partial charge in [0.15, 0.2) is 6.29 Å². The van der Waals surface area contributed by atoms with Gasteiger partial charge in [0.25, 0.3) is 0 Å². The molecule has 0 bridgehead atoms. The number of nitrogens with one attached hydrogen (secondary N) is 1. The summed E-state index contributed by atoms with van der Waals surface area (Å²) in [4.78, 5) is 13.0. The summed E-state index contributed by atoms with van der Waals surface area (Å²) in [6.07, 6.45) is 48.6. The maximum Gasteiger partial charge on any atom is 0.220 e. The lowest BCUT2D eigenvalue weighted by Crippen LogP contribution is -2.60. The molecule has 0 aromatic heterocycles. The molecule has 1 aliphatic heterocycles. The number of carbonyl (C=O) groups excluding carboxylic acids is 1. The van der Waals surface area contributed by atoms with E-state index in [1.54, 1.807) is 6.08 Å². The van der Waals surface area contributed by atoms with E-state index in [-0.39, 0.29) is 12.5 Å². The Morgan fingerprint density at radius 3 is 1.40 bits per heavy atom. The molecule has 6 N–H and O–H groups in total. The number of hydrogen-bond donors (Lipinski definition) is 6. The monoisotopic (exact) mass is 876 g/mol. The summed E-state index contributed by atoms with van der Waals surface area (Å²) < 4.78 is 11.2. The number of hydrogen-bond acceptors (Lipinski definition) is 8. The highest BCUT2D eigenvalue weighted by Gasteiger charge is 2.44. The summed E-state index contributed by atoms with van der Waals surface area (Å²) >= 11 is 0. The second-order valence-corrected chi connectivity index (χ2v) is 18.0. The van der Waals surface area contributed by atoms with Crippen LogP contribution in [0.4, 0.5) is 0 Å². The average molecular weight is 876 g/mol. The highest BCUT2D eigenvalue weighted by molar-refractivity contribution is 5.76. The molecule has 1 amide bonds. The SMILES string of the molecule is CCCCCCC/C=C\C/C=C\C/C=C\CCCCCCCCCCC(=O)NC(COC1OC(CO)C(O)C(O)C1O)C(O)/C=C/CCCCCCCCCCCCCCCC. The summed E-state index contributed by atoms with van der Waals surface area (Å²) in [7, 11) is 0. The van der Waals surface area contributed by atoms with Crippen molar-refractivity contribution in [1.29, 1.82) is 0 Å². The summed E-state index contributed by atoms with van der Waals surface area (Å²) in [5.41, 5.74) is 0. The number of amides is 1. The van der Waals surface area contributed by atoms with E-state index < -0.39 is 49.5 Å². The summed E-state index contributed by atoms with van der Waals surface area (Å²) in [5, 5.41) is 54.3. The molecule has 1 saturated heterocycles. The van der Waals surface area contributed by atoms with Crippen LogP contribution in [0.25, 0.3) is 0 Å². The number of rotatable bonds is 43. The van der Waals surface area contributed by atoms with Crippen molar-refractivity contribution >= 4 is 5.91 Å². The van der Waals surface area contributed by atoms with Gasteiger partial charge in [0, 0.05) is 6.42 Å². The molecule has 0 aliphatic carbocycles. The third-order valence-corrected chi connectivity index (χ3v) is 12.1. The second kappa shape index (κ2) is 43.1. The Morgan fingerprint density at radius 1 is 0.548 bits per heavy atom. The fourth-order valence-corrected chi connectivity index (χ4v) is 7.99. The number of aliphatic hydroxyl groups excluding tert-OH is 5. The molecule has 0 spiro atoms. The van der Waals surface area contributed by atoms with Crippen LogP contribution < -0.4 is 5.32 Å². The summed E-state index contributed by atoms with van der Waals surface area (Å²) in [6, 6.07) is -0.810. The Bertz CT molecular complexity index is 1110. The van der Waals surface area contributed by atoms with Gasteiger partial charge in [-0.2, -0.15) is 0 Å². The molecule has 9 nitrogen and oxygen atoms in total. The smallest absolute Gasteiger partial charge is 0.220 e. The van der Waals surface area contributed by atoms with Crippen molar-refractivity contribution in [3.05, 3.63) is 48.6 Å². The summed E-state index contributed by atoms with van der Waals surface area (Å²) in [5.74, 6) is -0.185. The van der Waals surface area contributed by atoms with Crippen LogP contribution in [-0.2, 0) is 14.3 Å². The second-order valence-electron chi connectivity index (χ2n) is 18.0. The minimum absolute atomic E-state index is 0.185. The predicted molar refractivity (Wildman–Crippen MR) is 258 cm³/mol. The largest absolute Gasteiger partial charge is 0.394 e. The molecule has 1 aliphatic rings. The van der Waals surface area contributed by atoms with Crippen LogP contribution in [0.15, 0.2) is 48.6 Å². The maximum absolute atomic E-state index is 13.0. The first kappa shape index (κ1) is 58.2. The Kier molecular flexibility index (Phi) is 40.4. The molecule has 9 heteroatoms. The Hall–Kier alpha value is -1.85. The number of aliphatic hydroxyl groups is 5. The molecule has 62 heavy (non-hydrogen) atoms. The molecule has 1 rings (SSSR count). The molecule has 0 saturated carbocycles. The molecule has 0 aromatic carbocycles. The van der Waals surface area contributed by atoms with Crippen molar-refractivity contribution in [3.63, 3.8) is 0 Å². The van der Waals surface area contributed by atoms with Gasteiger partial charge >= 0.3 is 0 Å². The van der Waals surface area contributed by atoms with E-state index in [9.17, 15) is 30.3 Å². The number of unbranched alkanes of at least 4 members (excludes halogenated alkanes) is 27. The minimum atomic E-state index is -1.57. The number of carbonyl (C=O) groups is 1. The highest BCUT2D eigenvalue weighted by Crippen LogP contribution is 2.23. The van der Waals surface area contributed by atoms with Crippen LogP contribution in [0.5, 0.6) is 0 Å². The zero-order valence-electron chi connectivity index (χ0n) is 39.9. The van der Waals surface area contributed by atoms with Crippen LogP contribution in [0, 0.1) is 0 Å². The lowest BCUT2D eigenvalue weighted by Gasteiger charge is -2.40. The zero-order chi connectivity index (χ0) is 45.1. The first-order valence-corrected chi connectivity index (χ1v) is 25.9. The lowest BCUT2D eigenvalue weighted by molar-refractivity contribution is -0.302. The van der Waals surface area contributed by atoms with Gasteiger partial charge in [-0.25, -0.2) is 0 Å². The molecule has 7 unspecified atom stereocenters. The van der Waals surface area contributed by atoms with Crippen LogP contribution >= 0.6 is 0 Å². The van der Waals surface area contributed by atoms with Gasteiger partial charge in [-0.1, -0.05) is 210 Å².